The monoisotopic (exact) mass is 627 g/mol. The highest BCUT2D eigenvalue weighted by Gasteiger charge is 2.76. The maximum absolute atomic E-state index is 14.4. The van der Waals surface area contributed by atoms with Crippen molar-refractivity contribution in [3.63, 3.8) is 0 Å². The lowest BCUT2D eigenvalue weighted by Gasteiger charge is -2.38. The van der Waals surface area contributed by atoms with Gasteiger partial charge >= 0.3 is 5.97 Å². The van der Waals surface area contributed by atoms with Crippen molar-refractivity contribution in [2.75, 3.05) is 65.7 Å². The smallest absolute Gasteiger partial charge is 0.311 e. The lowest BCUT2D eigenvalue weighted by molar-refractivity contribution is -0.153. The number of likely N-dealkylation sites (tertiary alicyclic amines) is 1. The van der Waals surface area contributed by atoms with Gasteiger partial charge in [-0.15, -0.1) is 18.3 Å². The molecule has 4 aliphatic rings. The Morgan fingerprint density at radius 2 is 1.92 bits per heavy atom. The topological polar surface area (TPSA) is 99.6 Å². The molecule has 4 fully saturated rings. The van der Waals surface area contributed by atoms with Crippen LogP contribution in [0, 0.1) is 11.8 Å². The molecule has 218 valence electrons. The number of halogens is 1. The molecular formula is C28H42BrN3O6S. The van der Waals surface area contributed by atoms with E-state index in [2.05, 4.69) is 34.0 Å². The molecule has 0 aromatic heterocycles. The molecule has 0 aromatic rings. The average molecular weight is 629 g/mol. The van der Waals surface area contributed by atoms with Gasteiger partial charge in [-0.1, -0.05) is 47.5 Å². The summed E-state index contributed by atoms with van der Waals surface area (Å²) < 4.78 is 10.2. The number of hydrogen-bond acceptors (Lipinski definition) is 8. The van der Waals surface area contributed by atoms with E-state index >= 15 is 0 Å². The number of carbonyl (C=O) groups excluding carboxylic acids is 3. The maximum atomic E-state index is 14.4. The Morgan fingerprint density at radius 3 is 2.62 bits per heavy atom. The zero-order valence-electron chi connectivity index (χ0n) is 22.7. The Bertz CT molecular complexity index is 918. The Kier molecular flexibility index (Phi) is 11.0. The minimum absolute atomic E-state index is 0.00818. The molecule has 6 atom stereocenters. The summed E-state index contributed by atoms with van der Waals surface area (Å²) in [5.74, 6) is -1.76. The molecular weight excluding hydrogens is 586 g/mol. The van der Waals surface area contributed by atoms with E-state index in [0.717, 1.165) is 45.3 Å². The van der Waals surface area contributed by atoms with Crippen LogP contribution in [0.25, 0.3) is 0 Å². The first-order chi connectivity index (χ1) is 18.9. The number of nitrogens with zero attached hydrogens (tertiary/aromatic N) is 3. The van der Waals surface area contributed by atoms with Gasteiger partial charge in [-0.25, -0.2) is 0 Å². The van der Waals surface area contributed by atoms with Crippen molar-refractivity contribution in [3.05, 3.63) is 25.3 Å². The fourth-order valence-electron chi connectivity index (χ4n) is 6.61. The van der Waals surface area contributed by atoms with Crippen molar-refractivity contribution in [1.82, 2.24) is 14.7 Å². The van der Waals surface area contributed by atoms with Gasteiger partial charge in [0, 0.05) is 56.0 Å². The van der Waals surface area contributed by atoms with Gasteiger partial charge in [-0.2, -0.15) is 0 Å². The fraction of sp³-hybridized carbons (Fsp3) is 0.750. The molecule has 0 radical (unpaired) electrons. The number of esters is 1. The van der Waals surface area contributed by atoms with Crippen LogP contribution in [0.15, 0.2) is 25.3 Å². The summed E-state index contributed by atoms with van der Waals surface area (Å²) in [5, 5.41) is 9.02. The zero-order chi connectivity index (χ0) is 28.0. The number of aliphatic hydroxyl groups is 1. The minimum atomic E-state index is -0.686. The predicted molar refractivity (Wildman–Crippen MR) is 155 cm³/mol. The SMILES string of the molecule is C=CCOC(=O)[C@H]1[C@H]2C(=O)N(CCCCCCO)C(C(=O)N(CC=C)CCN3CCOCC3)C23CC(Br)[C@@H]1S3. The van der Waals surface area contributed by atoms with Crippen LogP contribution in [0.1, 0.15) is 32.1 Å². The van der Waals surface area contributed by atoms with Crippen molar-refractivity contribution in [2.24, 2.45) is 11.8 Å². The van der Waals surface area contributed by atoms with Gasteiger partial charge in [0.1, 0.15) is 12.6 Å². The van der Waals surface area contributed by atoms with Crippen molar-refractivity contribution >= 4 is 45.5 Å². The molecule has 4 heterocycles. The molecule has 1 spiro atoms. The second-order valence-corrected chi connectivity index (χ2v) is 13.5. The number of aliphatic hydroxyl groups excluding tert-OH is 1. The van der Waals surface area contributed by atoms with E-state index in [1.54, 1.807) is 22.7 Å². The first kappa shape index (κ1) is 30.6. The Balaban J connectivity index is 1.60. The van der Waals surface area contributed by atoms with E-state index in [1.807, 2.05) is 4.90 Å². The highest BCUT2D eigenvalue weighted by molar-refractivity contribution is 9.09. The summed E-state index contributed by atoms with van der Waals surface area (Å²) in [6.07, 6.45) is 7.10. The highest BCUT2D eigenvalue weighted by atomic mass is 79.9. The molecule has 4 aliphatic heterocycles. The van der Waals surface area contributed by atoms with Gasteiger partial charge in [0.25, 0.3) is 0 Å². The van der Waals surface area contributed by atoms with E-state index in [0.29, 0.717) is 39.3 Å². The van der Waals surface area contributed by atoms with Gasteiger partial charge in [-0.3, -0.25) is 19.3 Å². The lowest BCUT2D eigenvalue weighted by Crippen LogP contribution is -2.56. The Labute approximate surface area is 244 Å². The van der Waals surface area contributed by atoms with Gasteiger partial charge in [0.05, 0.1) is 29.8 Å². The summed E-state index contributed by atoms with van der Waals surface area (Å²) in [6.45, 7) is 13.0. The average Bonchev–Trinajstić information content (AvgIpc) is 3.53. The van der Waals surface area contributed by atoms with Crippen molar-refractivity contribution in [3.8, 4) is 0 Å². The zero-order valence-corrected chi connectivity index (χ0v) is 25.1. The van der Waals surface area contributed by atoms with Crippen LogP contribution in [-0.4, -0.2) is 124 Å². The number of hydrogen-bond donors (Lipinski definition) is 1. The molecule has 2 amide bonds. The number of fused-ring (bicyclic) bond motifs is 1. The number of morpholine rings is 1. The van der Waals surface area contributed by atoms with Crippen molar-refractivity contribution in [1.29, 1.82) is 0 Å². The second kappa shape index (κ2) is 14.0. The van der Waals surface area contributed by atoms with Gasteiger partial charge in [0.15, 0.2) is 0 Å². The molecule has 39 heavy (non-hydrogen) atoms. The van der Waals surface area contributed by atoms with E-state index in [-0.39, 0.29) is 41.1 Å². The third-order valence-electron chi connectivity index (χ3n) is 8.40. The molecule has 1 N–H and O–H groups in total. The van der Waals surface area contributed by atoms with E-state index in [1.165, 1.54) is 6.08 Å². The van der Waals surface area contributed by atoms with E-state index < -0.39 is 22.6 Å². The quantitative estimate of drug-likeness (QED) is 0.128. The summed E-state index contributed by atoms with van der Waals surface area (Å²) in [5.41, 5.74) is 0. The van der Waals surface area contributed by atoms with E-state index in [4.69, 9.17) is 14.6 Å². The molecule has 11 heteroatoms. The summed E-state index contributed by atoms with van der Waals surface area (Å²) >= 11 is 5.42. The molecule has 4 rings (SSSR count). The van der Waals surface area contributed by atoms with E-state index in [9.17, 15) is 14.4 Å². The number of alkyl halides is 1. The molecule has 2 bridgehead atoms. The van der Waals surface area contributed by atoms with Crippen LogP contribution in [0.2, 0.25) is 0 Å². The van der Waals surface area contributed by atoms with Crippen LogP contribution in [0.4, 0.5) is 0 Å². The number of thioether (sulfide) groups is 1. The van der Waals surface area contributed by atoms with Gasteiger partial charge in [0.2, 0.25) is 11.8 Å². The number of ether oxygens (including phenoxy) is 2. The van der Waals surface area contributed by atoms with Crippen LogP contribution < -0.4 is 0 Å². The van der Waals surface area contributed by atoms with Gasteiger partial charge in [-0.05, 0) is 19.3 Å². The standard InChI is InChI=1S/C28H42BrN3O6S/c1-3-9-31(12-11-30-13-17-37-18-14-30)26(35)24-28-19-20(29)23(39-28)21(27(36)38-16-4-2)22(28)25(34)32(24)10-7-5-6-8-15-33/h3-4,20-24,33H,1-2,5-19H2/t20?,21-,22-,23-,24?,28?/m0/s1. The molecule has 3 unspecified atom stereocenters. The minimum Gasteiger partial charge on any atom is -0.461 e. The summed E-state index contributed by atoms with van der Waals surface area (Å²) in [6, 6.07) is -0.648. The lowest BCUT2D eigenvalue weighted by atomic mass is 9.71. The molecule has 0 aromatic carbocycles. The number of amides is 2. The largest absolute Gasteiger partial charge is 0.461 e. The van der Waals surface area contributed by atoms with Crippen LogP contribution in [0.3, 0.4) is 0 Å². The molecule has 0 aliphatic carbocycles. The van der Waals surface area contributed by atoms with Crippen LogP contribution in [-0.2, 0) is 23.9 Å². The van der Waals surface area contributed by atoms with Gasteiger partial charge < -0.3 is 24.4 Å². The van der Waals surface area contributed by atoms with Crippen molar-refractivity contribution in [2.45, 2.75) is 53.0 Å². The maximum Gasteiger partial charge on any atom is 0.311 e. The predicted octanol–water partition coefficient (Wildman–Crippen LogP) is 2.08. The summed E-state index contributed by atoms with van der Waals surface area (Å²) in [4.78, 5) is 47.7. The molecule has 4 saturated heterocycles. The third-order valence-corrected chi connectivity index (χ3v) is 11.6. The number of unbranched alkanes of at least 4 members (excludes halogenated alkanes) is 3. The Morgan fingerprint density at radius 1 is 1.18 bits per heavy atom. The first-order valence-electron chi connectivity index (χ1n) is 14.1. The first-order valence-corrected chi connectivity index (χ1v) is 15.9. The third kappa shape index (κ3) is 6.27. The summed E-state index contributed by atoms with van der Waals surface area (Å²) in [7, 11) is 0. The van der Waals surface area contributed by atoms with Crippen molar-refractivity contribution < 1.29 is 29.0 Å². The Hall–Kier alpha value is -1.40. The normalized spacial score (nSPS) is 31.8. The molecule has 9 nitrogen and oxygen atoms in total. The van der Waals surface area contributed by atoms with Crippen LogP contribution in [0.5, 0.6) is 0 Å². The van der Waals surface area contributed by atoms with Crippen LogP contribution >= 0.6 is 27.7 Å². The number of carbonyl (C=O) groups is 3. The fourth-order valence-corrected chi connectivity index (χ4v) is 10.2. The molecule has 0 saturated carbocycles. The highest BCUT2D eigenvalue weighted by Crippen LogP contribution is 2.68. The number of rotatable bonds is 15. The second-order valence-electron chi connectivity index (χ2n) is 10.8.